The molecule has 9 heteroatoms. The molecule has 0 aromatic carbocycles. The van der Waals surface area contributed by atoms with Crippen molar-refractivity contribution in [1.29, 1.82) is 0 Å². The summed E-state index contributed by atoms with van der Waals surface area (Å²) in [5.74, 6) is 2.85. The third-order valence-electron chi connectivity index (χ3n) is 5.20. The van der Waals surface area contributed by atoms with Gasteiger partial charge in [-0.1, -0.05) is 11.2 Å². The minimum Gasteiger partial charge on any atom is -0.358 e. The van der Waals surface area contributed by atoms with Gasteiger partial charge in [0.15, 0.2) is 5.76 Å². The Labute approximate surface area is 179 Å². The summed E-state index contributed by atoms with van der Waals surface area (Å²) in [5, 5.41) is 7.48. The van der Waals surface area contributed by atoms with Crippen LogP contribution in [-0.2, 0) is 0 Å². The Morgan fingerprint density at radius 3 is 2.71 bits per heavy atom. The van der Waals surface area contributed by atoms with Gasteiger partial charge in [-0.3, -0.25) is 4.98 Å². The summed E-state index contributed by atoms with van der Waals surface area (Å²) < 4.78 is 5.70. The highest BCUT2D eigenvalue weighted by Crippen LogP contribution is 2.36. The third kappa shape index (κ3) is 4.07. The lowest BCUT2D eigenvalue weighted by molar-refractivity contribution is 0.362. The van der Waals surface area contributed by atoms with E-state index < -0.39 is 0 Å². The van der Waals surface area contributed by atoms with Crippen molar-refractivity contribution in [3.63, 3.8) is 0 Å². The van der Waals surface area contributed by atoms with Gasteiger partial charge in [-0.15, -0.1) is 0 Å². The fourth-order valence-electron chi connectivity index (χ4n) is 3.78. The number of anilines is 3. The number of nitrogens with zero attached hydrogens (tertiary/aromatic N) is 7. The standard InChI is InChI=1S/C22H22N8O/c1-14-10-20(25-13-24-14)27-21-11-15(2)26-22(28-21)30-9-5-7-18(30)19-12-17(29-31-19)16-6-3-4-8-23-16/h3-4,6,8,10-13,18H,5,7,9H2,1-2H3,(H,24,25,26,27,28). The van der Waals surface area contributed by atoms with Crippen molar-refractivity contribution in [1.82, 2.24) is 30.1 Å². The van der Waals surface area contributed by atoms with Crippen molar-refractivity contribution in [3.8, 4) is 11.4 Å². The molecule has 1 N–H and O–H groups in total. The molecule has 4 aromatic rings. The Hall–Kier alpha value is -3.88. The van der Waals surface area contributed by atoms with E-state index in [0.717, 1.165) is 47.9 Å². The molecule has 9 nitrogen and oxygen atoms in total. The minimum absolute atomic E-state index is 0.0286. The summed E-state index contributed by atoms with van der Waals surface area (Å²) in [5.41, 5.74) is 3.28. The Balaban J connectivity index is 1.42. The molecule has 0 radical (unpaired) electrons. The van der Waals surface area contributed by atoms with E-state index >= 15 is 0 Å². The van der Waals surface area contributed by atoms with Gasteiger partial charge in [-0.05, 0) is 38.8 Å². The molecule has 0 amide bonds. The smallest absolute Gasteiger partial charge is 0.228 e. The first-order chi connectivity index (χ1) is 15.2. The van der Waals surface area contributed by atoms with E-state index in [1.165, 1.54) is 6.33 Å². The molecular weight excluding hydrogens is 392 g/mol. The molecule has 0 aliphatic carbocycles. The van der Waals surface area contributed by atoms with Gasteiger partial charge in [0.2, 0.25) is 5.95 Å². The van der Waals surface area contributed by atoms with E-state index in [4.69, 9.17) is 9.51 Å². The summed E-state index contributed by atoms with van der Waals surface area (Å²) in [4.78, 5) is 24.4. The third-order valence-corrected chi connectivity index (χ3v) is 5.20. The topological polar surface area (TPSA) is 106 Å². The first-order valence-corrected chi connectivity index (χ1v) is 10.2. The molecule has 5 heterocycles. The van der Waals surface area contributed by atoms with Crippen LogP contribution in [-0.4, -0.2) is 36.6 Å². The Kier molecular flexibility index (Phi) is 4.99. The first-order valence-electron chi connectivity index (χ1n) is 10.2. The van der Waals surface area contributed by atoms with Crippen molar-refractivity contribution in [2.24, 2.45) is 0 Å². The van der Waals surface area contributed by atoms with Gasteiger partial charge < -0.3 is 14.7 Å². The minimum atomic E-state index is 0.0286. The first kappa shape index (κ1) is 19.1. The number of aryl methyl sites for hydroxylation is 2. The predicted octanol–water partition coefficient (Wildman–Crippen LogP) is 4.02. The molecule has 0 saturated carbocycles. The lowest BCUT2D eigenvalue weighted by Gasteiger charge is -2.23. The quantitative estimate of drug-likeness (QED) is 0.518. The molecule has 1 fully saturated rings. The van der Waals surface area contributed by atoms with E-state index in [1.807, 2.05) is 50.2 Å². The lowest BCUT2D eigenvalue weighted by atomic mass is 10.1. The molecule has 156 valence electrons. The van der Waals surface area contributed by atoms with Gasteiger partial charge >= 0.3 is 0 Å². The molecule has 31 heavy (non-hydrogen) atoms. The molecule has 1 aliphatic heterocycles. The Bertz CT molecular complexity index is 1190. The van der Waals surface area contributed by atoms with Crippen LogP contribution in [0.25, 0.3) is 11.4 Å². The number of hydrogen-bond acceptors (Lipinski definition) is 9. The maximum absolute atomic E-state index is 5.70. The molecular formula is C22H22N8O. The van der Waals surface area contributed by atoms with E-state index in [-0.39, 0.29) is 6.04 Å². The number of nitrogens with one attached hydrogen (secondary N) is 1. The zero-order valence-corrected chi connectivity index (χ0v) is 17.4. The second-order valence-electron chi connectivity index (χ2n) is 7.55. The fraction of sp³-hybridized carbons (Fsp3) is 0.273. The van der Waals surface area contributed by atoms with Crippen molar-refractivity contribution < 1.29 is 4.52 Å². The molecule has 1 saturated heterocycles. The zero-order chi connectivity index (χ0) is 21.2. The van der Waals surface area contributed by atoms with Crippen LogP contribution in [0.4, 0.5) is 17.6 Å². The lowest BCUT2D eigenvalue weighted by Crippen LogP contribution is -2.25. The van der Waals surface area contributed by atoms with Crippen LogP contribution in [0.5, 0.6) is 0 Å². The van der Waals surface area contributed by atoms with Crippen LogP contribution >= 0.6 is 0 Å². The van der Waals surface area contributed by atoms with Gasteiger partial charge in [0.05, 0.1) is 11.7 Å². The predicted molar refractivity (Wildman–Crippen MR) is 116 cm³/mol. The molecule has 5 rings (SSSR count). The fourth-order valence-corrected chi connectivity index (χ4v) is 3.78. The summed E-state index contributed by atoms with van der Waals surface area (Å²) in [6.07, 6.45) is 5.25. The average molecular weight is 414 g/mol. The summed E-state index contributed by atoms with van der Waals surface area (Å²) in [6, 6.07) is 11.5. The second kappa shape index (κ2) is 8.10. The van der Waals surface area contributed by atoms with Crippen LogP contribution in [0, 0.1) is 13.8 Å². The highest BCUT2D eigenvalue weighted by atomic mass is 16.5. The van der Waals surface area contributed by atoms with E-state index in [1.54, 1.807) is 6.20 Å². The number of rotatable bonds is 5. The maximum Gasteiger partial charge on any atom is 0.228 e. The zero-order valence-electron chi connectivity index (χ0n) is 17.4. The van der Waals surface area contributed by atoms with Crippen molar-refractivity contribution in [2.45, 2.75) is 32.7 Å². The van der Waals surface area contributed by atoms with Crippen molar-refractivity contribution in [2.75, 3.05) is 16.8 Å². The molecule has 0 spiro atoms. The van der Waals surface area contributed by atoms with Gasteiger partial charge in [0.1, 0.15) is 23.7 Å². The molecule has 1 atom stereocenters. The Morgan fingerprint density at radius 2 is 1.87 bits per heavy atom. The monoisotopic (exact) mass is 414 g/mol. The molecule has 4 aromatic heterocycles. The molecule has 1 aliphatic rings. The SMILES string of the molecule is Cc1cc(Nc2cc(C)nc(N3CCCC3c3cc(-c4ccccn4)no3)n2)ncn1. The highest BCUT2D eigenvalue weighted by molar-refractivity contribution is 5.56. The second-order valence-corrected chi connectivity index (χ2v) is 7.55. The summed E-state index contributed by atoms with van der Waals surface area (Å²) in [7, 11) is 0. The van der Waals surface area contributed by atoms with Crippen LogP contribution < -0.4 is 10.2 Å². The molecule has 1 unspecified atom stereocenters. The van der Waals surface area contributed by atoms with Crippen molar-refractivity contribution >= 4 is 17.6 Å². The van der Waals surface area contributed by atoms with Gasteiger partial charge in [-0.25, -0.2) is 15.0 Å². The van der Waals surface area contributed by atoms with Crippen LogP contribution in [0.3, 0.4) is 0 Å². The van der Waals surface area contributed by atoms with Crippen LogP contribution in [0.1, 0.15) is 36.0 Å². The Morgan fingerprint density at radius 1 is 0.968 bits per heavy atom. The number of pyridine rings is 1. The van der Waals surface area contributed by atoms with E-state index in [0.29, 0.717) is 17.6 Å². The normalized spacial score (nSPS) is 15.9. The van der Waals surface area contributed by atoms with Gasteiger partial charge in [0, 0.05) is 42.3 Å². The van der Waals surface area contributed by atoms with E-state index in [9.17, 15) is 0 Å². The maximum atomic E-state index is 5.70. The van der Waals surface area contributed by atoms with Crippen molar-refractivity contribution in [3.05, 3.63) is 66.1 Å². The summed E-state index contributed by atoms with van der Waals surface area (Å²) >= 11 is 0. The summed E-state index contributed by atoms with van der Waals surface area (Å²) in [6.45, 7) is 4.73. The average Bonchev–Trinajstić information content (AvgIpc) is 3.44. The molecule has 0 bridgehead atoms. The van der Waals surface area contributed by atoms with Gasteiger partial charge in [-0.2, -0.15) is 4.98 Å². The number of aromatic nitrogens is 6. The van der Waals surface area contributed by atoms with E-state index in [2.05, 4.69) is 35.3 Å². The van der Waals surface area contributed by atoms with Crippen LogP contribution in [0.15, 0.2) is 53.4 Å². The highest BCUT2D eigenvalue weighted by Gasteiger charge is 2.32. The van der Waals surface area contributed by atoms with Gasteiger partial charge in [0.25, 0.3) is 0 Å². The van der Waals surface area contributed by atoms with Crippen LogP contribution in [0.2, 0.25) is 0 Å². The number of hydrogen-bond donors (Lipinski definition) is 1. The largest absolute Gasteiger partial charge is 0.358 e.